The summed E-state index contributed by atoms with van der Waals surface area (Å²) in [5.41, 5.74) is -1.01. The molecule has 2 rings (SSSR count). The fourth-order valence-corrected chi connectivity index (χ4v) is 3.82. The molecule has 10 nitrogen and oxygen atoms in total. The molecule has 2 heterocycles. The lowest BCUT2D eigenvalue weighted by Crippen LogP contribution is -2.42. The van der Waals surface area contributed by atoms with Crippen molar-refractivity contribution >= 4 is 35.2 Å². The lowest BCUT2D eigenvalue weighted by atomic mass is 9.99. The molecule has 1 aromatic rings. The Hall–Kier alpha value is -3.21. The zero-order chi connectivity index (χ0) is 24.1. The summed E-state index contributed by atoms with van der Waals surface area (Å²) in [7, 11) is 1.15. The van der Waals surface area contributed by atoms with Gasteiger partial charge in [0.2, 0.25) is 0 Å². The quantitative estimate of drug-likeness (QED) is 0.488. The number of piperidine rings is 1. The molecule has 1 aliphatic heterocycles. The molecule has 1 aromatic heterocycles. The Bertz CT molecular complexity index is 933. The van der Waals surface area contributed by atoms with Crippen molar-refractivity contribution in [2.45, 2.75) is 45.1 Å². The molecule has 174 valence electrons. The number of aromatic nitrogens is 1. The summed E-state index contributed by atoms with van der Waals surface area (Å²) < 4.78 is 9.88. The Labute approximate surface area is 190 Å². The molecule has 0 radical (unpaired) electrons. The second kappa shape index (κ2) is 10.4. The minimum atomic E-state index is -0.811. The SMILES string of the molecule is C=C(NC(=O)c1csc(C2CCCN(C(=O)OC(C)(C)C)C2)n1)C(=O)NC(=C)C(=O)OC. The Morgan fingerprint density at radius 1 is 1.19 bits per heavy atom. The molecule has 1 fully saturated rings. The van der Waals surface area contributed by atoms with Gasteiger partial charge in [-0.25, -0.2) is 14.6 Å². The van der Waals surface area contributed by atoms with Crippen LogP contribution in [0.3, 0.4) is 0 Å². The molecule has 32 heavy (non-hydrogen) atoms. The molecule has 0 aromatic carbocycles. The second-order valence-corrected chi connectivity index (χ2v) is 9.08. The van der Waals surface area contributed by atoms with E-state index >= 15 is 0 Å². The number of thiazole rings is 1. The van der Waals surface area contributed by atoms with E-state index in [2.05, 4.69) is 33.5 Å². The molecule has 0 aliphatic carbocycles. The number of amides is 3. The van der Waals surface area contributed by atoms with Gasteiger partial charge in [0.25, 0.3) is 11.8 Å². The number of carbonyl (C=O) groups excluding carboxylic acids is 4. The second-order valence-electron chi connectivity index (χ2n) is 8.19. The molecule has 3 amide bonds. The van der Waals surface area contributed by atoms with Gasteiger partial charge in [0, 0.05) is 24.4 Å². The summed E-state index contributed by atoms with van der Waals surface area (Å²) in [4.78, 5) is 54.2. The van der Waals surface area contributed by atoms with Crippen LogP contribution in [-0.4, -0.2) is 59.6 Å². The summed E-state index contributed by atoms with van der Waals surface area (Å²) in [5.74, 6) is -2.24. The summed E-state index contributed by atoms with van der Waals surface area (Å²) in [6.45, 7) is 13.4. The summed E-state index contributed by atoms with van der Waals surface area (Å²) in [6, 6.07) is 0. The third-order valence-electron chi connectivity index (χ3n) is 4.41. The predicted octanol–water partition coefficient (Wildman–Crippen LogP) is 2.30. The van der Waals surface area contributed by atoms with Crippen LogP contribution in [0.25, 0.3) is 0 Å². The van der Waals surface area contributed by atoms with Gasteiger partial charge in [-0.2, -0.15) is 0 Å². The molecule has 0 bridgehead atoms. The Morgan fingerprint density at radius 2 is 1.88 bits per heavy atom. The average molecular weight is 465 g/mol. The van der Waals surface area contributed by atoms with E-state index in [1.807, 2.05) is 20.8 Å². The van der Waals surface area contributed by atoms with Crippen molar-refractivity contribution in [1.82, 2.24) is 20.5 Å². The van der Waals surface area contributed by atoms with Gasteiger partial charge < -0.3 is 25.0 Å². The third kappa shape index (κ3) is 6.91. The number of ether oxygens (including phenoxy) is 2. The van der Waals surface area contributed by atoms with Gasteiger partial charge in [-0.1, -0.05) is 13.2 Å². The highest BCUT2D eigenvalue weighted by Gasteiger charge is 2.30. The van der Waals surface area contributed by atoms with Crippen molar-refractivity contribution in [3.8, 4) is 0 Å². The number of esters is 1. The predicted molar refractivity (Wildman–Crippen MR) is 118 cm³/mol. The number of hydrogen-bond acceptors (Lipinski definition) is 8. The van der Waals surface area contributed by atoms with Crippen molar-refractivity contribution < 1.29 is 28.7 Å². The molecule has 1 atom stereocenters. The maximum absolute atomic E-state index is 12.5. The number of nitrogens with one attached hydrogen (secondary N) is 2. The zero-order valence-electron chi connectivity index (χ0n) is 18.6. The van der Waals surface area contributed by atoms with Crippen LogP contribution in [0, 0.1) is 0 Å². The van der Waals surface area contributed by atoms with Crippen molar-refractivity contribution in [2.24, 2.45) is 0 Å². The standard InChI is InChI=1S/C21H28N4O6S/c1-12(16(26)23-13(2)19(28)30-6)22-17(27)15-11-32-18(24-15)14-8-7-9-25(10-14)20(29)31-21(3,4)5/h11,14H,1-2,7-10H2,3-6H3,(H,22,27)(H,23,26). The van der Waals surface area contributed by atoms with Crippen molar-refractivity contribution in [3.63, 3.8) is 0 Å². The molecule has 1 unspecified atom stereocenters. The Balaban J connectivity index is 1.96. The third-order valence-corrected chi connectivity index (χ3v) is 5.42. The highest BCUT2D eigenvalue weighted by Crippen LogP contribution is 2.30. The molecule has 11 heteroatoms. The zero-order valence-corrected chi connectivity index (χ0v) is 19.5. The van der Waals surface area contributed by atoms with E-state index in [1.165, 1.54) is 11.3 Å². The molecular formula is C21H28N4O6S. The van der Waals surface area contributed by atoms with E-state index in [4.69, 9.17) is 4.74 Å². The highest BCUT2D eigenvalue weighted by atomic mass is 32.1. The lowest BCUT2D eigenvalue weighted by molar-refractivity contribution is -0.137. The van der Waals surface area contributed by atoms with Gasteiger partial charge >= 0.3 is 12.1 Å². The molecule has 0 saturated carbocycles. The van der Waals surface area contributed by atoms with Gasteiger partial charge in [-0.3, -0.25) is 9.59 Å². The van der Waals surface area contributed by atoms with Crippen LogP contribution < -0.4 is 10.6 Å². The van der Waals surface area contributed by atoms with Crippen LogP contribution in [0.1, 0.15) is 55.0 Å². The van der Waals surface area contributed by atoms with Crippen molar-refractivity contribution in [2.75, 3.05) is 20.2 Å². The molecule has 2 N–H and O–H groups in total. The van der Waals surface area contributed by atoms with Crippen LogP contribution >= 0.6 is 11.3 Å². The van der Waals surface area contributed by atoms with E-state index in [0.29, 0.717) is 13.1 Å². The normalized spacial score (nSPS) is 16.0. The minimum absolute atomic E-state index is 0.0160. The highest BCUT2D eigenvalue weighted by molar-refractivity contribution is 7.09. The van der Waals surface area contributed by atoms with Crippen LogP contribution in [0.4, 0.5) is 4.79 Å². The Morgan fingerprint density at radius 3 is 2.50 bits per heavy atom. The largest absolute Gasteiger partial charge is 0.464 e. The fraction of sp³-hybridized carbons (Fsp3) is 0.476. The molecular weight excluding hydrogens is 436 g/mol. The topological polar surface area (TPSA) is 127 Å². The number of likely N-dealkylation sites (tertiary alicyclic amines) is 1. The van der Waals surface area contributed by atoms with Crippen LogP contribution in [0.15, 0.2) is 29.9 Å². The van der Waals surface area contributed by atoms with E-state index in [1.54, 1.807) is 10.3 Å². The lowest BCUT2D eigenvalue weighted by Gasteiger charge is -2.33. The van der Waals surface area contributed by atoms with Gasteiger partial charge in [-0.05, 0) is 33.6 Å². The fourth-order valence-electron chi connectivity index (χ4n) is 2.89. The van der Waals surface area contributed by atoms with Gasteiger partial charge in [-0.15, -0.1) is 11.3 Å². The van der Waals surface area contributed by atoms with E-state index < -0.39 is 23.4 Å². The van der Waals surface area contributed by atoms with Gasteiger partial charge in [0.15, 0.2) is 0 Å². The van der Waals surface area contributed by atoms with Crippen molar-refractivity contribution in [1.29, 1.82) is 0 Å². The van der Waals surface area contributed by atoms with Crippen LogP contribution in [0.2, 0.25) is 0 Å². The maximum Gasteiger partial charge on any atom is 0.410 e. The number of hydrogen-bond donors (Lipinski definition) is 2. The summed E-state index contributed by atoms with van der Waals surface area (Å²) in [6.07, 6.45) is 1.26. The summed E-state index contributed by atoms with van der Waals surface area (Å²) >= 11 is 1.31. The maximum atomic E-state index is 12.5. The van der Waals surface area contributed by atoms with Crippen LogP contribution in [-0.2, 0) is 19.1 Å². The molecule has 0 spiro atoms. The Kier molecular flexibility index (Phi) is 8.14. The first-order valence-electron chi connectivity index (χ1n) is 9.93. The molecule has 1 saturated heterocycles. The van der Waals surface area contributed by atoms with Gasteiger partial charge in [0.05, 0.1) is 17.8 Å². The first kappa shape index (κ1) is 25.1. The van der Waals surface area contributed by atoms with E-state index in [-0.39, 0.29) is 29.1 Å². The number of methoxy groups -OCH3 is 1. The van der Waals surface area contributed by atoms with Gasteiger partial charge in [0.1, 0.15) is 17.0 Å². The minimum Gasteiger partial charge on any atom is -0.464 e. The van der Waals surface area contributed by atoms with E-state index in [9.17, 15) is 19.2 Å². The average Bonchev–Trinajstić information content (AvgIpc) is 3.22. The first-order chi connectivity index (χ1) is 14.9. The molecule has 1 aliphatic rings. The van der Waals surface area contributed by atoms with E-state index in [0.717, 1.165) is 25.0 Å². The number of nitrogens with zero attached hydrogens (tertiary/aromatic N) is 2. The number of rotatable bonds is 6. The van der Waals surface area contributed by atoms with Crippen LogP contribution in [0.5, 0.6) is 0 Å². The number of carbonyl (C=O) groups is 4. The monoisotopic (exact) mass is 464 g/mol. The first-order valence-corrected chi connectivity index (χ1v) is 10.8. The smallest absolute Gasteiger partial charge is 0.410 e. The summed E-state index contributed by atoms with van der Waals surface area (Å²) in [5, 5.41) is 6.83. The van der Waals surface area contributed by atoms with Crippen molar-refractivity contribution in [3.05, 3.63) is 40.6 Å².